The normalized spacial score (nSPS) is 10.2. The van der Waals surface area contributed by atoms with E-state index in [9.17, 15) is 9.59 Å². The Labute approximate surface area is 143 Å². The fraction of sp³-hybridized carbons (Fsp3) is 0.111. The summed E-state index contributed by atoms with van der Waals surface area (Å²) in [7, 11) is 0. The Kier molecular flexibility index (Phi) is 4.72. The van der Waals surface area contributed by atoms with Crippen LogP contribution in [0.25, 0.3) is 11.5 Å². The Bertz CT molecular complexity index is 967. The molecular formula is C18H14N4O3. The number of amides is 1. The first-order valence-corrected chi connectivity index (χ1v) is 7.58. The molecule has 124 valence electrons. The lowest BCUT2D eigenvalue weighted by molar-refractivity contribution is 0.0951. The SMILES string of the molecule is N#Cc1ccc(C(=O)NCCn2nc(-c3ccco3)ccc2=O)cc1. The third-order valence-corrected chi connectivity index (χ3v) is 3.53. The van der Waals surface area contributed by atoms with E-state index in [1.54, 1.807) is 42.5 Å². The van der Waals surface area contributed by atoms with E-state index in [1.807, 2.05) is 6.07 Å². The number of nitrogens with one attached hydrogen (secondary N) is 1. The van der Waals surface area contributed by atoms with Gasteiger partial charge < -0.3 is 9.73 Å². The van der Waals surface area contributed by atoms with Gasteiger partial charge in [-0.25, -0.2) is 4.68 Å². The van der Waals surface area contributed by atoms with Gasteiger partial charge in [0.1, 0.15) is 5.69 Å². The standard InChI is InChI=1S/C18H14N4O3/c19-12-13-3-5-14(6-4-13)18(24)20-9-10-22-17(23)8-7-15(21-22)16-2-1-11-25-16/h1-8,11H,9-10H2,(H,20,24). The number of rotatable bonds is 5. The first-order chi connectivity index (χ1) is 12.2. The number of nitrogens with zero attached hydrogens (tertiary/aromatic N) is 3. The summed E-state index contributed by atoms with van der Waals surface area (Å²) >= 11 is 0. The highest BCUT2D eigenvalue weighted by molar-refractivity contribution is 5.94. The lowest BCUT2D eigenvalue weighted by atomic mass is 10.1. The van der Waals surface area contributed by atoms with Crippen molar-refractivity contribution in [3.05, 3.63) is 76.3 Å². The van der Waals surface area contributed by atoms with Crippen molar-refractivity contribution in [2.45, 2.75) is 6.54 Å². The second-order valence-electron chi connectivity index (χ2n) is 5.20. The largest absolute Gasteiger partial charge is 0.463 e. The number of carbonyl (C=O) groups is 1. The van der Waals surface area contributed by atoms with Crippen LogP contribution in [0, 0.1) is 11.3 Å². The fourth-order valence-electron chi connectivity index (χ4n) is 2.24. The lowest BCUT2D eigenvalue weighted by Gasteiger charge is -2.08. The topological polar surface area (TPSA) is 101 Å². The summed E-state index contributed by atoms with van der Waals surface area (Å²) in [5.74, 6) is 0.287. The summed E-state index contributed by atoms with van der Waals surface area (Å²) in [6, 6.07) is 14.8. The van der Waals surface area contributed by atoms with Crippen molar-refractivity contribution in [2.75, 3.05) is 6.54 Å². The van der Waals surface area contributed by atoms with Gasteiger partial charge in [-0.15, -0.1) is 0 Å². The molecule has 2 aromatic heterocycles. The molecule has 0 aliphatic rings. The highest BCUT2D eigenvalue weighted by Gasteiger charge is 2.07. The van der Waals surface area contributed by atoms with Crippen LogP contribution in [0.5, 0.6) is 0 Å². The van der Waals surface area contributed by atoms with Crippen LogP contribution >= 0.6 is 0 Å². The molecule has 0 radical (unpaired) electrons. The molecule has 0 atom stereocenters. The minimum Gasteiger partial charge on any atom is -0.463 e. The van der Waals surface area contributed by atoms with Crippen molar-refractivity contribution in [2.24, 2.45) is 0 Å². The van der Waals surface area contributed by atoms with Crippen molar-refractivity contribution in [3.8, 4) is 17.5 Å². The molecule has 0 saturated heterocycles. The molecule has 1 N–H and O–H groups in total. The van der Waals surface area contributed by atoms with Crippen LogP contribution in [0.1, 0.15) is 15.9 Å². The molecule has 0 spiro atoms. The number of furan rings is 1. The number of benzene rings is 1. The molecule has 3 aromatic rings. The maximum Gasteiger partial charge on any atom is 0.266 e. The number of hydrogen-bond donors (Lipinski definition) is 1. The number of carbonyl (C=O) groups excluding carboxylic acids is 1. The summed E-state index contributed by atoms with van der Waals surface area (Å²) in [5.41, 5.74) is 1.22. The monoisotopic (exact) mass is 334 g/mol. The zero-order chi connectivity index (χ0) is 17.6. The van der Waals surface area contributed by atoms with Crippen LogP contribution in [-0.2, 0) is 6.54 Å². The zero-order valence-corrected chi connectivity index (χ0v) is 13.2. The van der Waals surface area contributed by atoms with Crippen molar-refractivity contribution >= 4 is 5.91 Å². The quantitative estimate of drug-likeness (QED) is 0.767. The van der Waals surface area contributed by atoms with Crippen LogP contribution in [0.2, 0.25) is 0 Å². The van der Waals surface area contributed by atoms with E-state index in [4.69, 9.17) is 9.68 Å². The molecule has 3 rings (SSSR count). The predicted octanol–water partition coefficient (Wildman–Crippen LogP) is 1.80. The van der Waals surface area contributed by atoms with E-state index < -0.39 is 0 Å². The number of hydrogen-bond acceptors (Lipinski definition) is 5. The van der Waals surface area contributed by atoms with Crippen molar-refractivity contribution < 1.29 is 9.21 Å². The van der Waals surface area contributed by atoms with Crippen molar-refractivity contribution in [1.82, 2.24) is 15.1 Å². The molecule has 0 saturated carbocycles. The van der Waals surface area contributed by atoms with E-state index in [1.165, 1.54) is 17.0 Å². The van der Waals surface area contributed by atoms with Gasteiger partial charge in [0.05, 0.1) is 24.4 Å². The fourth-order valence-corrected chi connectivity index (χ4v) is 2.24. The van der Waals surface area contributed by atoms with E-state index in [2.05, 4.69) is 10.4 Å². The van der Waals surface area contributed by atoms with E-state index in [0.717, 1.165) is 0 Å². The van der Waals surface area contributed by atoms with Gasteiger partial charge in [0.15, 0.2) is 5.76 Å². The van der Waals surface area contributed by atoms with E-state index in [-0.39, 0.29) is 24.6 Å². The third kappa shape index (κ3) is 3.82. The molecule has 0 bridgehead atoms. The van der Waals surface area contributed by atoms with Gasteiger partial charge in [-0.2, -0.15) is 10.4 Å². The van der Waals surface area contributed by atoms with Crippen LogP contribution < -0.4 is 10.9 Å². The predicted molar refractivity (Wildman–Crippen MR) is 89.7 cm³/mol. The maximum atomic E-state index is 12.1. The lowest BCUT2D eigenvalue weighted by Crippen LogP contribution is -2.31. The van der Waals surface area contributed by atoms with Crippen molar-refractivity contribution in [1.29, 1.82) is 5.26 Å². The van der Waals surface area contributed by atoms with E-state index >= 15 is 0 Å². The Morgan fingerprint density at radius 1 is 1.20 bits per heavy atom. The Morgan fingerprint density at radius 3 is 2.68 bits per heavy atom. The number of aromatic nitrogens is 2. The highest BCUT2D eigenvalue weighted by atomic mass is 16.3. The minimum atomic E-state index is -0.278. The summed E-state index contributed by atoms with van der Waals surface area (Å²) in [6.45, 7) is 0.475. The minimum absolute atomic E-state index is 0.232. The van der Waals surface area contributed by atoms with Gasteiger partial charge in [0, 0.05) is 18.2 Å². The molecule has 7 heteroatoms. The van der Waals surface area contributed by atoms with Gasteiger partial charge in [0.25, 0.3) is 11.5 Å². The summed E-state index contributed by atoms with van der Waals surface area (Å²) in [5, 5.41) is 15.7. The average Bonchev–Trinajstić information content (AvgIpc) is 3.18. The highest BCUT2D eigenvalue weighted by Crippen LogP contribution is 2.14. The van der Waals surface area contributed by atoms with Crippen LogP contribution in [0.4, 0.5) is 0 Å². The molecule has 1 aromatic carbocycles. The second-order valence-corrected chi connectivity index (χ2v) is 5.20. The van der Waals surface area contributed by atoms with Crippen LogP contribution in [-0.4, -0.2) is 22.2 Å². The number of nitriles is 1. The van der Waals surface area contributed by atoms with E-state index in [0.29, 0.717) is 22.6 Å². The molecule has 0 aliphatic heterocycles. The Hall–Kier alpha value is -3.66. The Balaban J connectivity index is 1.63. The first-order valence-electron chi connectivity index (χ1n) is 7.58. The summed E-state index contributed by atoms with van der Waals surface area (Å²) in [6.07, 6.45) is 1.53. The molecule has 0 aliphatic carbocycles. The third-order valence-electron chi connectivity index (χ3n) is 3.53. The average molecular weight is 334 g/mol. The van der Waals surface area contributed by atoms with Gasteiger partial charge in [-0.3, -0.25) is 9.59 Å². The van der Waals surface area contributed by atoms with Crippen LogP contribution in [0.3, 0.4) is 0 Å². The summed E-state index contributed by atoms with van der Waals surface area (Å²) in [4.78, 5) is 23.9. The molecule has 1 amide bonds. The van der Waals surface area contributed by atoms with Crippen molar-refractivity contribution in [3.63, 3.8) is 0 Å². The molecular weight excluding hydrogens is 320 g/mol. The first kappa shape index (κ1) is 16.2. The van der Waals surface area contributed by atoms with Crippen LogP contribution in [0.15, 0.2) is 64.0 Å². The molecule has 0 unspecified atom stereocenters. The van der Waals surface area contributed by atoms with Gasteiger partial charge >= 0.3 is 0 Å². The van der Waals surface area contributed by atoms with Gasteiger partial charge in [-0.1, -0.05) is 0 Å². The maximum absolute atomic E-state index is 12.1. The molecule has 0 fully saturated rings. The molecule has 25 heavy (non-hydrogen) atoms. The van der Waals surface area contributed by atoms with Gasteiger partial charge in [0.2, 0.25) is 0 Å². The van der Waals surface area contributed by atoms with Gasteiger partial charge in [-0.05, 0) is 42.5 Å². The molecule has 2 heterocycles. The molecule has 7 nitrogen and oxygen atoms in total. The second kappa shape index (κ2) is 7.27. The Morgan fingerprint density at radius 2 is 2.00 bits per heavy atom. The zero-order valence-electron chi connectivity index (χ0n) is 13.2. The summed E-state index contributed by atoms with van der Waals surface area (Å²) < 4.78 is 6.54. The smallest absolute Gasteiger partial charge is 0.266 e.